The summed E-state index contributed by atoms with van der Waals surface area (Å²) in [5, 5.41) is 6.65. The second kappa shape index (κ2) is 12.4. The molecular weight excluding hydrogens is 493 g/mol. The molecule has 10 heteroatoms. The highest BCUT2D eigenvalue weighted by Gasteiger charge is 2.20. The van der Waals surface area contributed by atoms with Crippen molar-refractivity contribution in [3.8, 4) is 0 Å². The van der Waals surface area contributed by atoms with E-state index in [1.54, 1.807) is 7.05 Å². The molecule has 1 aliphatic heterocycles. The monoisotopic (exact) mass is 525 g/mol. The van der Waals surface area contributed by atoms with Gasteiger partial charge in [0.2, 0.25) is 0 Å². The summed E-state index contributed by atoms with van der Waals surface area (Å²) in [5.41, 5.74) is 1.04. The maximum Gasteiger partial charge on any atom is 0.191 e. The molecule has 0 radical (unpaired) electrons. The van der Waals surface area contributed by atoms with Gasteiger partial charge in [0, 0.05) is 44.7 Å². The van der Waals surface area contributed by atoms with Gasteiger partial charge < -0.3 is 20.3 Å². The number of halogens is 1. The van der Waals surface area contributed by atoms with E-state index in [2.05, 4.69) is 31.6 Å². The molecule has 2 N–H and O–H groups in total. The van der Waals surface area contributed by atoms with Gasteiger partial charge in [-0.15, -0.1) is 24.0 Å². The Bertz CT molecular complexity index is 722. The molecule has 0 aliphatic carbocycles. The van der Waals surface area contributed by atoms with Crippen LogP contribution in [0.2, 0.25) is 0 Å². The van der Waals surface area contributed by atoms with Gasteiger partial charge in [0.05, 0.1) is 19.0 Å². The summed E-state index contributed by atoms with van der Waals surface area (Å²) >= 11 is 0. The first kappa shape index (κ1) is 24.9. The number of sulfone groups is 1. The lowest BCUT2D eigenvalue weighted by Gasteiger charge is -2.34. The molecule has 160 valence electrons. The van der Waals surface area contributed by atoms with Crippen molar-refractivity contribution in [2.45, 2.75) is 25.8 Å². The molecular formula is C18H32IN5O3S. The first-order chi connectivity index (χ1) is 12.9. The number of anilines is 1. The first-order valence-electron chi connectivity index (χ1n) is 9.28. The SMILES string of the molecule is CN=C(NCCOCCS(C)(=O)=O)NC1CCN(c2cccc(C)n2)CC1.I. The molecule has 8 nitrogen and oxygen atoms in total. The van der Waals surface area contributed by atoms with Crippen LogP contribution < -0.4 is 15.5 Å². The van der Waals surface area contributed by atoms with Gasteiger partial charge in [-0.2, -0.15) is 0 Å². The third-order valence-electron chi connectivity index (χ3n) is 4.39. The number of aliphatic imine (C=N–C) groups is 1. The van der Waals surface area contributed by atoms with Crippen molar-refractivity contribution in [2.75, 3.05) is 56.8 Å². The standard InChI is InChI=1S/C18H31N5O3S.HI/c1-15-5-4-6-17(21-15)23-10-7-16(8-11-23)22-18(19-2)20-9-12-26-13-14-27(3,24)25;/h4-6,16H,7-14H2,1-3H3,(H2,19,20,22);1H. The zero-order chi connectivity index (χ0) is 19.7. The number of piperidine rings is 1. The minimum atomic E-state index is -2.97. The molecule has 1 fully saturated rings. The zero-order valence-electron chi connectivity index (χ0n) is 16.8. The van der Waals surface area contributed by atoms with Crippen LogP contribution >= 0.6 is 24.0 Å². The van der Waals surface area contributed by atoms with Crippen LogP contribution in [0, 0.1) is 6.92 Å². The Morgan fingerprint density at radius 1 is 1.32 bits per heavy atom. The largest absolute Gasteiger partial charge is 0.379 e. The smallest absolute Gasteiger partial charge is 0.191 e. The molecule has 2 rings (SSSR count). The number of nitrogens with zero attached hydrogens (tertiary/aromatic N) is 3. The van der Waals surface area contributed by atoms with Crippen molar-refractivity contribution in [2.24, 2.45) is 4.99 Å². The number of guanidine groups is 1. The molecule has 1 aliphatic rings. The molecule has 0 unspecified atom stereocenters. The molecule has 0 spiro atoms. The second-order valence-electron chi connectivity index (χ2n) is 6.78. The van der Waals surface area contributed by atoms with Crippen molar-refractivity contribution in [1.82, 2.24) is 15.6 Å². The van der Waals surface area contributed by atoms with E-state index in [0.29, 0.717) is 19.2 Å². The van der Waals surface area contributed by atoms with Crippen LogP contribution in [0.4, 0.5) is 5.82 Å². The van der Waals surface area contributed by atoms with Crippen LogP contribution in [-0.2, 0) is 14.6 Å². The molecule has 1 aromatic heterocycles. The van der Waals surface area contributed by atoms with Crippen LogP contribution in [0.15, 0.2) is 23.2 Å². The lowest BCUT2D eigenvalue weighted by Crippen LogP contribution is -2.49. The Kier molecular flexibility index (Phi) is 11.1. The average Bonchev–Trinajstić information content (AvgIpc) is 2.63. The minimum Gasteiger partial charge on any atom is -0.379 e. The normalized spacial score (nSPS) is 15.8. The summed E-state index contributed by atoms with van der Waals surface area (Å²) in [7, 11) is -1.23. The molecule has 0 aromatic carbocycles. The first-order valence-corrected chi connectivity index (χ1v) is 11.3. The quantitative estimate of drug-likeness (QED) is 0.228. The van der Waals surface area contributed by atoms with Gasteiger partial charge in [0.25, 0.3) is 0 Å². The van der Waals surface area contributed by atoms with Crippen molar-refractivity contribution < 1.29 is 13.2 Å². The molecule has 1 saturated heterocycles. The summed E-state index contributed by atoms with van der Waals surface area (Å²) in [4.78, 5) is 11.2. The van der Waals surface area contributed by atoms with Gasteiger partial charge in [-0.05, 0) is 31.9 Å². The van der Waals surface area contributed by atoms with Crippen LogP contribution in [0.3, 0.4) is 0 Å². The number of hydrogen-bond donors (Lipinski definition) is 2. The van der Waals surface area contributed by atoms with Gasteiger partial charge in [0.1, 0.15) is 15.7 Å². The molecule has 0 amide bonds. The third-order valence-corrected chi connectivity index (χ3v) is 5.30. The Morgan fingerprint density at radius 2 is 2.04 bits per heavy atom. The average molecular weight is 525 g/mol. The minimum absolute atomic E-state index is 0. The van der Waals surface area contributed by atoms with Gasteiger partial charge in [0.15, 0.2) is 5.96 Å². The van der Waals surface area contributed by atoms with Crippen LogP contribution in [0.25, 0.3) is 0 Å². The summed E-state index contributed by atoms with van der Waals surface area (Å²) in [6.45, 7) is 5.17. The number of nitrogens with one attached hydrogen (secondary N) is 2. The van der Waals surface area contributed by atoms with E-state index in [9.17, 15) is 8.42 Å². The fourth-order valence-corrected chi connectivity index (χ4v) is 3.32. The lowest BCUT2D eigenvalue weighted by atomic mass is 10.1. The van der Waals surface area contributed by atoms with E-state index < -0.39 is 9.84 Å². The fourth-order valence-electron chi connectivity index (χ4n) is 2.90. The molecule has 1 aromatic rings. The Morgan fingerprint density at radius 3 is 2.64 bits per heavy atom. The van der Waals surface area contributed by atoms with Crippen molar-refractivity contribution in [3.05, 3.63) is 23.9 Å². The van der Waals surface area contributed by atoms with Gasteiger partial charge in [-0.1, -0.05) is 6.07 Å². The Balaban J connectivity index is 0.00000392. The molecule has 0 saturated carbocycles. The summed E-state index contributed by atoms with van der Waals surface area (Å²) < 4.78 is 27.4. The van der Waals surface area contributed by atoms with Gasteiger partial charge >= 0.3 is 0 Å². The lowest BCUT2D eigenvalue weighted by molar-refractivity contribution is 0.154. The predicted octanol–water partition coefficient (Wildman–Crippen LogP) is 1.20. The van der Waals surface area contributed by atoms with Crippen LogP contribution in [-0.4, -0.2) is 77.3 Å². The van der Waals surface area contributed by atoms with E-state index in [1.807, 2.05) is 19.1 Å². The maximum atomic E-state index is 11.0. The summed E-state index contributed by atoms with van der Waals surface area (Å²) in [6.07, 6.45) is 3.24. The summed E-state index contributed by atoms with van der Waals surface area (Å²) in [5.74, 6) is 1.84. The number of pyridine rings is 1. The number of aryl methyl sites for hydroxylation is 1. The molecule has 28 heavy (non-hydrogen) atoms. The number of aromatic nitrogens is 1. The Hall–Kier alpha value is -1.14. The predicted molar refractivity (Wildman–Crippen MR) is 125 cm³/mol. The summed E-state index contributed by atoms with van der Waals surface area (Å²) in [6, 6.07) is 6.48. The van der Waals surface area contributed by atoms with E-state index in [0.717, 1.165) is 43.4 Å². The van der Waals surface area contributed by atoms with E-state index in [4.69, 9.17) is 4.74 Å². The highest BCUT2D eigenvalue weighted by molar-refractivity contribution is 14.0. The van der Waals surface area contributed by atoms with Crippen molar-refractivity contribution >= 4 is 45.6 Å². The third kappa shape index (κ3) is 9.37. The topological polar surface area (TPSA) is 95.9 Å². The highest BCUT2D eigenvalue weighted by atomic mass is 127. The van der Waals surface area contributed by atoms with Crippen molar-refractivity contribution in [3.63, 3.8) is 0 Å². The molecule has 0 bridgehead atoms. The maximum absolute atomic E-state index is 11.0. The molecule has 2 heterocycles. The van der Waals surface area contributed by atoms with E-state index in [1.165, 1.54) is 6.26 Å². The zero-order valence-corrected chi connectivity index (χ0v) is 20.0. The number of ether oxygens (including phenoxy) is 1. The van der Waals surface area contributed by atoms with Crippen LogP contribution in [0.1, 0.15) is 18.5 Å². The fraction of sp³-hybridized carbons (Fsp3) is 0.667. The number of hydrogen-bond acceptors (Lipinski definition) is 6. The molecule has 0 atom stereocenters. The van der Waals surface area contributed by atoms with Gasteiger partial charge in [-0.3, -0.25) is 4.99 Å². The number of rotatable bonds is 8. The van der Waals surface area contributed by atoms with Crippen molar-refractivity contribution in [1.29, 1.82) is 0 Å². The van der Waals surface area contributed by atoms with E-state index in [-0.39, 0.29) is 36.3 Å². The van der Waals surface area contributed by atoms with Gasteiger partial charge in [-0.25, -0.2) is 13.4 Å². The van der Waals surface area contributed by atoms with Crippen LogP contribution in [0.5, 0.6) is 0 Å². The second-order valence-corrected chi connectivity index (χ2v) is 9.04. The van der Waals surface area contributed by atoms with E-state index >= 15 is 0 Å². The highest BCUT2D eigenvalue weighted by Crippen LogP contribution is 2.18. The Labute approximate surface area is 185 Å².